The minimum atomic E-state index is -3.52. The summed E-state index contributed by atoms with van der Waals surface area (Å²) in [4.78, 5) is 0.329. The molecule has 4 nitrogen and oxygen atoms in total. The Labute approximate surface area is 140 Å². The van der Waals surface area contributed by atoms with E-state index in [0.29, 0.717) is 11.4 Å². The second-order valence-electron chi connectivity index (χ2n) is 5.06. The first-order valence-corrected chi connectivity index (χ1v) is 10.3. The molecule has 2 N–H and O–H groups in total. The van der Waals surface area contributed by atoms with Crippen molar-refractivity contribution < 1.29 is 8.42 Å². The van der Waals surface area contributed by atoms with Crippen molar-refractivity contribution in [1.29, 1.82) is 0 Å². The van der Waals surface area contributed by atoms with Gasteiger partial charge in [0.2, 0.25) is 10.0 Å². The molecule has 0 radical (unpaired) electrons. The van der Waals surface area contributed by atoms with E-state index in [2.05, 4.69) is 15.9 Å². The molecule has 0 aliphatic heterocycles. The maximum atomic E-state index is 12.8. The molecular weight excluding hydrogens is 372 g/mol. The summed E-state index contributed by atoms with van der Waals surface area (Å²) in [5.41, 5.74) is 7.17. The van der Waals surface area contributed by atoms with E-state index in [1.54, 1.807) is 31.8 Å². The summed E-state index contributed by atoms with van der Waals surface area (Å²) >= 11 is 5.14. The quantitative estimate of drug-likeness (QED) is 0.771. The van der Waals surface area contributed by atoms with Gasteiger partial charge >= 0.3 is 0 Å². The first kappa shape index (κ1) is 19.0. The summed E-state index contributed by atoms with van der Waals surface area (Å²) in [6, 6.07) is 3.50. The summed E-state index contributed by atoms with van der Waals surface area (Å²) in [5, 5.41) is 0. The molecule has 7 heteroatoms. The van der Waals surface area contributed by atoms with Gasteiger partial charge < -0.3 is 5.73 Å². The van der Waals surface area contributed by atoms with Crippen LogP contribution in [0.2, 0.25) is 0 Å². The van der Waals surface area contributed by atoms with Crippen LogP contribution in [0.4, 0.5) is 0 Å². The maximum absolute atomic E-state index is 12.8. The molecule has 1 aromatic rings. The summed E-state index contributed by atoms with van der Waals surface area (Å²) < 4.78 is 27.9. The molecule has 0 saturated carbocycles. The Kier molecular flexibility index (Phi) is 7.19. The summed E-state index contributed by atoms with van der Waals surface area (Å²) in [6.07, 6.45) is 2.85. The predicted molar refractivity (Wildman–Crippen MR) is 94.2 cm³/mol. The molecule has 1 atom stereocenters. The Morgan fingerprint density at radius 3 is 2.57 bits per heavy atom. The standard InChI is InChI=1S/C14H23BrN2O2S2/c1-10(5-6-20-4)17(3)21(18,19)14-8-12(9-16)7-13(15)11(14)2/h7-8,10H,5-6,9,16H2,1-4H3. The van der Waals surface area contributed by atoms with Gasteiger partial charge in [-0.2, -0.15) is 16.1 Å². The summed E-state index contributed by atoms with van der Waals surface area (Å²) in [6.45, 7) is 4.05. The zero-order valence-electron chi connectivity index (χ0n) is 12.9. The lowest BCUT2D eigenvalue weighted by molar-refractivity contribution is 0.382. The third-order valence-electron chi connectivity index (χ3n) is 3.61. The highest BCUT2D eigenvalue weighted by Gasteiger charge is 2.27. The molecule has 1 rings (SSSR count). The molecule has 0 amide bonds. The Hall–Kier alpha value is -0.0800. The van der Waals surface area contributed by atoms with E-state index in [-0.39, 0.29) is 6.04 Å². The Bertz CT molecular complexity index is 591. The number of nitrogens with two attached hydrogens (primary N) is 1. The molecule has 0 spiro atoms. The lowest BCUT2D eigenvalue weighted by atomic mass is 10.1. The van der Waals surface area contributed by atoms with Crippen molar-refractivity contribution in [3.8, 4) is 0 Å². The molecule has 0 heterocycles. The van der Waals surface area contributed by atoms with Crippen LogP contribution in [0.5, 0.6) is 0 Å². The van der Waals surface area contributed by atoms with Crippen molar-refractivity contribution in [3.05, 3.63) is 27.7 Å². The Morgan fingerprint density at radius 2 is 2.05 bits per heavy atom. The van der Waals surface area contributed by atoms with Crippen LogP contribution in [-0.4, -0.2) is 37.8 Å². The molecule has 21 heavy (non-hydrogen) atoms. The fourth-order valence-electron chi connectivity index (χ4n) is 1.96. The maximum Gasteiger partial charge on any atom is 0.243 e. The van der Waals surface area contributed by atoms with Gasteiger partial charge in [0, 0.05) is 24.1 Å². The molecule has 1 unspecified atom stereocenters. The van der Waals surface area contributed by atoms with Crippen molar-refractivity contribution in [2.75, 3.05) is 19.1 Å². The number of benzene rings is 1. The number of hydrogen-bond donors (Lipinski definition) is 1. The van der Waals surface area contributed by atoms with Crippen LogP contribution in [0.15, 0.2) is 21.5 Å². The number of thioether (sulfide) groups is 1. The van der Waals surface area contributed by atoms with E-state index in [9.17, 15) is 8.42 Å². The number of rotatable bonds is 7. The Balaban J connectivity index is 3.21. The number of nitrogens with zero attached hydrogens (tertiary/aromatic N) is 1. The van der Waals surface area contributed by atoms with E-state index in [1.807, 2.05) is 19.2 Å². The van der Waals surface area contributed by atoms with Crippen molar-refractivity contribution in [3.63, 3.8) is 0 Å². The van der Waals surface area contributed by atoms with Crippen molar-refractivity contribution in [2.45, 2.75) is 37.8 Å². The van der Waals surface area contributed by atoms with Crippen LogP contribution in [-0.2, 0) is 16.6 Å². The van der Waals surface area contributed by atoms with E-state index < -0.39 is 10.0 Å². The van der Waals surface area contributed by atoms with Crippen LogP contribution < -0.4 is 5.73 Å². The predicted octanol–water partition coefficient (Wildman–Crippen LogP) is 2.98. The topological polar surface area (TPSA) is 63.4 Å². The highest BCUT2D eigenvalue weighted by Crippen LogP contribution is 2.28. The van der Waals surface area contributed by atoms with Crippen LogP contribution in [0.25, 0.3) is 0 Å². The minimum absolute atomic E-state index is 0.0397. The monoisotopic (exact) mass is 394 g/mol. The van der Waals surface area contributed by atoms with Crippen molar-refractivity contribution in [1.82, 2.24) is 4.31 Å². The number of sulfonamides is 1. The van der Waals surface area contributed by atoms with Gasteiger partial charge in [0.15, 0.2) is 0 Å². The van der Waals surface area contributed by atoms with E-state index in [0.717, 1.165) is 27.8 Å². The van der Waals surface area contributed by atoms with Gasteiger partial charge in [-0.1, -0.05) is 15.9 Å². The van der Waals surface area contributed by atoms with Gasteiger partial charge in [-0.25, -0.2) is 8.42 Å². The SMILES string of the molecule is CSCCC(C)N(C)S(=O)(=O)c1cc(CN)cc(Br)c1C. The van der Waals surface area contributed by atoms with Gasteiger partial charge in [-0.3, -0.25) is 0 Å². The van der Waals surface area contributed by atoms with Gasteiger partial charge in [-0.15, -0.1) is 0 Å². The van der Waals surface area contributed by atoms with Gasteiger partial charge in [-0.05, 0) is 55.5 Å². The lowest BCUT2D eigenvalue weighted by Crippen LogP contribution is -2.36. The second-order valence-corrected chi connectivity index (χ2v) is 8.86. The minimum Gasteiger partial charge on any atom is -0.326 e. The molecular formula is C14H23BrN2O2S2. The summed E-state index contributed by atoms with van der Waals surface area (Å²) in [5.74, 6) is 0.937. The van der Waals surface area contributed by atoms with Crippen LogP contribution >= 0.6 is 27.7 Å². The highest BCUT2D eigenvalue weighted by atomic mass is 79.9. The number of hydrogen-bond acceptors (Lipinski definition) is 4. The molecule has 0 fully saturated rings. The summed E-state index contributed by atoms with van der Waals surface area (Å²) in [7, 11) is -1.87. The van der Waals surface area contributed by atoms with E-state index in [4.69, 9.17) is 5.73 Å². The van der Waals surface area contributed by atoms with Gasteiger partial charge in [0.1, 0.15) is 0 Å². The van der Waals surface area contributed by atoms with E-state index >= 15 is 0 Å². The molecule has 0 aliphatic carbocycles. The molecule has 120 valence electrons. The number of halogens is 1. The smallest absolute Gasteiger partial charge is 0.243 e. The molecule has 0 bridgehead atoms. The van der Waals surface area contributed by atoms with Crippen LogP contribution in [0.3, 0.4) is 0 Å². The largest absolute Gasteiger partial charge is 0.326 e. The lowest BCUT2D eigenvalue weighted by Gasteiger charge is -2.25. The van der Waals surface area contributed by atoms with Crippen LogP contribution in [0.1, 0.15) is 24.5 Å². The molecule has 1 aromatic carbocycles. The normalized spacial score (nSPS) is 13.7. The Morgan fingerprint density at radius 1 is 1.43 bits per heavy atom. The first-order chi connectivity index (χ1) is 9.75. The molecule has 0 aliphatic rings. The van der Waals surface area contributed by atoms with Crippen LogP contribution in [0, 0.1) is 6.92 Å². The van der Waals surface area contributed by atoms with Gasteiger partial charge in [0.05, 0.1) is 4.90 Å². The second kappa shape index (κ2) is 7.97. The third-order valence-corrected chi connectivity index (χ3v) is 7.18. The first-order valence-electron chi connectivity index (χ1n) is 6.71. The third kappa shape index (κ3) is 4.45. The van der Waals surface area contributed by atoms with Crippen molar-refractivity contribution >= 4 is 37.7 Å². The average Bonchev–Trinajstić information content (AvgIpc) is 2.46. The highest BCUT2D eigenvalue weighted by molar-refractivity contribution is 9.10. The zero-order valence-corrected chi connectivity index (χ0v) is 16.1. The fraction of sp³-hybridized carbons (Fsp3) is 0.571. The molecule has 0 saturated heterocycles. The zero-order chi connectivity index (χ0) is 16.2. The van der Waals surface area contributed by atoms with Crippen molar-refractivity contribution in [2.24, 2.45) is 5.73 Å². The van der Waals surface area contributed by atoms with Gasteiger partial charge in [0.25, 0.3) is 0 Å². The average molecular weight is 395 g/mol. The van der Waals surface area contributed by atoms with E-state index in [1.165, 1.54) is 4.31 Å². The fourth-order valence-corrected chi connectivity index (χ4v) is 4.86. The molecule has 0 aromatic heterocycles.